The smallest absolute Gasteiger partial charge is 0.192 e. The Morgan fingerprint density at radius 2 is 1.10 bits per heavy atom. The summed E-state index contributed by atoms with van der Waals surface area (Å²) in [5.74, 6) is 1.77. The number of nitrogens with zero attached hydrogens (tertiary/aromatic N) is 1. The summed E-state index contributed by atoms with van der Waals surface area (Å²) in [6.45, 7) is 13.9. The van der Waals surface area contributed by atoms with Crippen LogP contribution in [0.15, 0.2) is 97.1 Å². The van der Waals surface area contributed by atoms with Gasteiger partial charge in [-0.25, -0.2) is 0 Å². The van der Waals surface area contributed by atoms with Gasteiger partial charge in [0, 0.05) is 5.41 Å². The molecule has 49 heavy (non-hydrogen) atoms. The first-order valence-corrected chi connectivity index (χ1v) is 18.4. The Labute approximate surface area is 293 Å². The first-order chi connectivity index (χ1) is 23.6. The van der Waals surface area contributed by atoms with Crippen LogP contribution in [-0.2, 0) is 10.8 Å². The predicted molar refractivity (Wildman–Crippen MR) is 205 cm³/mol. The Hall–Kier alpha value is -4.35. The Morgan fingerprint density at radius 3 is 1.63 bits per heavy atom. The van der Waals surface area contributed by atoms with Crippen LogP contribution in [0.1, 0.15) is 82.2 Å². The third kappa shape index (κ3) is 4.37. The van der Waals surface area contributed by atoms with Crippen molar-refractivity contribution >= 4 is 23.1 Å². The molecule has 4 fully saturated rings. The Morgan fingerprint density at radius 1 is 0.592 bits per heavy atom. The third-order valence-electron chi connectivity index (χ3n) is 13.9. The standard InChI is InChI=1S/C47H46BN/c1-29-19-31(3)43(32(4)20-29)48(44-33(5)21-30(2)22-34(44)6)41-17-15-40(16-18-41)47-27-45(23-38-24-46(47,28-47)42(38)25-45)39-13-11-37(12-14-39)36-9-7-35(26-49)8-10-36/h7-22,38,42H,23-25,27-28H2,1-6H3. The van der Waals surface area contributed by atoms with Gasteiger partial charge in [-0.3, -0.25) is 0 Å². The summed E-state index contributed by atoms with van der Waals surface area (Å²) < 4.78 is 0. The van der Waals surface area contributed by atoms with E-state index in [0.29, 0.717) is 16.4 Å². The summed E-state index contributed by atoms with van der Waals surface area (Å²) in [4.78, 5) is 0. The van der Waals surface area contributed by atoms with Crippen LogP contribution in [0.3, 0.4) is 0 Å². The van der Waals surface area contributed by atoms with Gasteiger partial charge in [0.1, 0.15) is 0 Å². The van der Waals surface area contributed by atoms with Crippen LogP contribution in [0.5, 0.6) is 0 Å². The predicted octanol–water partition coefficient (Wildman–Crippen LogP) is 8.99. The number of fused-ring (bicyclic) bond motifs is 1. The van der Waals surface area contributed by atoms with E-state index in [1.807, 2.05) is 12.1 Å². The van der Waals surface area contributed by atoms with E-state index in [0.717, 1.165) is 11.8 Å². The highest BCUT2D eigenvalue weighted by atomic mass is 14.9. The van der Waals surface area contributed by atoms with Gasteiger partial charge in [0.15, 0.2) is 0 Å². The fraction of sp³-hybridized carbons (Fsp3) is 0.340. The van der Waals surface area contributed by atoms with Crippen molar-refractivity contribution in [3.05, 3.63) is 147 Å². The molecule has 1 spiro atoms. The average molecular weight is 636 g/mol. The second-order valence-corrected chi connectivity index (χ2v) is 16.8. The number of rotatable bonds is 6. The second-order valence-electron chi connectivity index (χ2n) is 16.8. The Balaban J connectivity index is 1.08. The minimum absolute atomic E-state index is 0.220. The maximum absolute atomic E-state index is 9.23. The maximum atomic E-state index is 9.23. The summed E-state index contributed by atoms with van der Waals surface area (Å²) in [6.07, 6.45) is 6.82. The van der Waals surface area contributed by atoms with Crippen molar-refractivity contribution in [3.8, 4) is 17.2 Å². The molecule has 4 saturated carbocycles. The molecule has 0 radical (unpaired) electrons. The van der Waals surface area contributed by atoms with Gasteiger partial charge in [0.2, 0.25) is 6.71 Å². The summed E-state index contributed by atoms with van der Waals surface area (Å²) in [5.41, 5.74) is 20.0. The van der Waals surface area contributed by atoms with Gasteiger partial charge in [-0.1, -0.05) is 135 Å². The Kier molecular flexibility index (Phi) is 6.63. The first-order valence-electron chi connectivity index (χ1n) is 18.4. The SMILES string of the molecule is Cc1cc(C)c(B(c2ccc(C34CC5(c6ccc(-c7ccc(C#N)cc7)cc6)CC6CC3(C4)C6C5)cc2)c2c(C)cc(C)cc2C)c(C)c1. The highest BCUT2D eigenvalue weighted by Crippen LogP contribution is 2.89. The lowest BCUT2D eigenvalue weighted by molar-refractivity contribution is 0.0415. The molecule has 2 heteroatoms. The van der Waals surface area contributed by atoms with Crippen LogP contribution in [-0.4, -0.2) is 6.71 Å². The fourth-order valence-electron chi connectivity index (χ4n) is 12.2. The molecule has 4 aliphatic carbocycles. The second kappa shape index (κ2) is 10.6. The number of hydrogen-bond donors (Lipinski definition) is 0. The van der Waals surface area contributed by atoms with Gasteiger partial charge in [-0.15, -0.1) is 0 Å². The van der Waals surface area contributed by atoms with E-state index >= 15 is 0 Å². The van der Waals surface area contributed by atoms with E-state index in [1.54, 1.807) is 11.1 Å². The molecule has 5 aromatic carbocycles. The monoisotopic (exact) mass is 635 g/mol. The van der Waals surface area contributed by atoms with E-state index in [4.69, 9.17) is 0 Å². The van der Waals surface area contributed by atoms with Crippen molar-refractivity contribution in [1.82, 2.24) is 0 Å². The van der Waals surface area contributed by atoms with Crippen molar-refractivity contribution in [2.75, 3.05) is 0 Å². The van der Waals surface area contributed by atoms with Crippen molar-refractivity contribution in [1.29, 1.82) is 5.26 Å². The van der Waals surface area contributed by atoms with Gasteiger partial charge in [0.05, 0.1) is 11.6 Å². The van der Waals surface area contributed by atoms with E-state index in [-0.39, 0.29) is 12.1 Å². The van der Waals surface area contributed by atoms with Gasteiger partial charge in [-0.05, 0) is 131 Å². The summed E-state index contributed by atoms with van der Waals surface area (Å²) in [6, 6.07) is 39.4. The molecule has 0 aliphatic heterocycles. The molecule has 0 saturated heterocycles. The summed E-state index contributed by atoms with van der Waals surface area (Å²) >= 11 is 0. The number of nitriles is 1. The minimum Gasteiger partial charge on any atom is -0.192 e. The fourth-order valence-corrected chi connectivity index (χ4v) is 12.2. The number of benzene rings is 5. The number of aryl methyl sites for hydroxylation is 6. The lowest BCUT2D eigenvalue weighted by Gasteiger charge is -2.49. The molecular weight excluding hydrogens is 589 g/mol. The maximum Gasteiger partial charge on any atom is 0.242 e. The van der Waals surface area contributed by atoms with Crippen LogP contribution in [0.2, 0.25) is 0 Å². The first kappa shape index (κ1) is 30.7. The summed E-state index contributed by atoms with van der Waals surface area (Å²) in [5, 5.41) is 9.23. The van der Waals surface area contributed by atoms with E-state index in [2.05, 4.69) is 133 Å². The van der Waals surface area contributed by atoms with Crippen molar-refractivity contribution in [2.24, 2.45) is 17.3 Å². The van der Waals surface area contributed by atoms with Gasteiger partial charge in [0.25, 0.3) is 0 Å². The van der Waals surface area contributed by atoms with Crippen molar-refractivity contribution in [2.45, 2.75) is 84.5 Å². The molecule has 242 valence electrons. The highest BCUT2D eigenvalue weighted by molar-refractivity contribution is 6.96. The molecule has 0 aromatic heterocycles. The van der Waals surface area contributed by atoms with Crippen LogP contribution in [0, 0.1) is 70.1 Å². The molecule has 0 N–H and O–H groups in total. The molecule has 0 amide bonds. The molecule has 0 heterocycles. The van der Waals surface area contributed by atoms with E-state index in [1.165, 1.54) is 93.0 Å². The van der Waals surface area contributed by atoms with Crippen molar-refractivity contribution in [3.63, 3.8) is 0 Å². The molecule has 4 aliphatic rings. The molecule has 9 rings (SSSR count). The lowest BCUT2D eigenvalue weighted by atomic mass is 9.34. The third-order valence-corrected chi connectivity index (χ3v) is 13.9. The van der Waals surface area contributed by atoms with Crippen LogP contribution in [0.25, 0.3) is 11.1 Å². The summed E-state index contributed by atoms with van der Waals surface area (Å²) in [7, 11) is 0. The quantitative estimate of drug-likeness (QED) is 0.171. The molecule has 1 nitrogen and oxygen atoms in total. The minimum atomic E-state index is 0.220. The topological polar surface area (TPSA) is 23.8 Å². The molecule has 5 atom stereocenters. The zero-order valence-electron chi connectivity index (χ0n) is 30.0. The largest absolute Gasteiger partial charge is 0.242 e. The lowest BCUT2D eigenvalue weighted by Crippen LogP contribution is -2.55. The normalized spacial score (nSPS) is 27.2. The Bertz CT molecular complexity index is 2080. The van der Waals surface area contributed by atoms with Gasteiger partial charge < -0.3 is 0 Å². The zero-order valence-corrected chi connectivity index (χ0v) is 30.0. The zero-order chi connectivity index (χ0) is 33.9. The molecule has 5 aromatic rings. The molecule has 5 unspecified atom stereocenters. The molecule has 2 bridgehead atoms. The highest BCUT2D eigenvalue weighted by Gasteiger charge is 2.83. The average Bonchev–Trinajstić information content (AvgIpc) is 3.72. The van der Waals surface area contributed by atoms with E-state index in [9.17, 15) is 5.26 Å². The van der Waals surface area contributed by atoms with Crippen LogP contribution >= 0.6 is 0 Å². The van der Waals surface area contributed by atoms with Crippen molar-refractivity contribution < 1.29 is 0 Å². The molecular formula is C47H46BN. The number of hydrogen-bond acceptors (Lipinski definition) is 1. The van der Waals surface area contributed by atoms with E-state index < -0.39 is 0 Å². The van der Waals surface area contributed by atoms with Gasteiger partial charge >= 0.3 is 0 Å². The van der Waals surface area contributed by atoms with Crippen LogP contribution < -0.4 is 16.4 Å². The van der Waals surface area contributed by atoms with Gasteiger partial charge in [-0.2, -0.15) is 5.26 Å². The van der Waals surface area contributed by atoms with Crippen LogP contribution in [0.4, 0.5) is 0 Å².